The van der Waals surface area contributed by atoms with Gasteiger partial charge in [-0.15, -0.1) is 0 Å². The van der Waals surface area contributed by atoms with Crippen LogP contribution in [-0.4, -0.2) is 46.7 Å². The van der Waals surface area contributed by atoms with Crippen LogP contribution in [0.2, 0.25) is 10.0 Å². The van der Waals surface area contributed by atoms with Gasteiger partial charge in [0, 0.05) is 27.8 Å². The summed E-state index contributed by atoms with van der Waals surface area (Å²) in [5.74, 6) is -0.0532. The van der Waals surface area contributed by atoms with E-state index in [9.17, 15) is 4.79 Å². The minimum Gasteiger partial charge on any atom is -0.350 e. The summed E-state index contributed by atoms with van der Waals surface area (Å²) in [5.41, 5.74) is 3.98. The van der Waals surface area contributed by atoms with Gasteiger partial charge in [-0.2, -0.15) is 5.10 Å². The van der Waals surface area contributed by atoms with E-state index in [4.69, 9.17) is 23.2 Å². The first-order valence-electron chi connectivity index (χ1n) is 11.1. The molecule has 3 rings (SSSR count). The Labute approximate surface area is 200 Å². The molecule has 3 aromatic rings. The molecule has 0 radical (unpaired) electrons. The van der Waals surface area contributed by atoms with Gasteiger partial charge in [0.1, 0.15) is 0 Å². The molecule has 1 aromatic heterocycles. The fourth-order valence-corrected chi connectivity index (χ4v) is 4.16. The zero-order chi connectivity index (χ0) is 23.1. The second kappa shape index (κ2) is 11.5. The van der Waals surface area contributed by atoms with Gasteiger partial charge in [0.05, 0.1) is 16.4 Å². The summed E-state index contributed by atoms with van der Waals surface area (Å²) in [7, 11) is 0. The Morgan fingerprint density at radius 1 is 1.09 bits per heavy atom. The SMILES string of the molecule is CCN(CC)CCC[C@H](C)NC(=O)c1ccc(-c2cc(-c3ccc(Cl)cc3Cl)[nH]n2)cc1. The van der Waals surface area contributed by atoms with Crippen LogP contribution >= 0.6 is 23.2 Å². The van der Waals surface area contributed by atoms with Gasteiger partial charge >= 0.3 is 0 Å². The molecule has 0 fully saturated rings. The standard InChI is InChI=1S/C25H30Cl2N4O/c1-4-31(5-2)14-6-7-17(3)28-25(32)19-10-8-18(9-11-19)23-16-24(30-29-23)21-13-12-20(26)15-22(21)27/h8-13,15-17H,4-7,14H2,1-3H3,(H,28,32)(H,29,30)/t17-/m0/s1. The maximum atomic E-state index is 12.6. The van der Waals surface area contributed by atoms with E-state index < -0.39 is 0 Å². The number of H-pyrrole nitrogens is 1. The lowest BCUT2D eigenvalue weighted by molar-refractivity contribution is 0.0937. The molecule has 1 amide bonds. The van der Waals surface area contributed by atoms with Crippen molar-refractivity contribution in [2.45, 2.75) is 39.7 Å². The third-order valence-corrected chi connectivity index (χ3v) is 6.17. The van der Waals surface area contributed by atoms with Gasteiger partial charge in [-0.25, -0.2) is 0 Å². The molecule has 7 heteroatoms. The molecule has 2 N–H and O–H groups in total. The summed E-state index contributed by atoms with van der Waals surface area (Å²) in [4.78, 5) is 15.0. The quantitative estimate of drug-likeness (QED) is 0.364. The number of nitrogens with one attached hydrogen (secondary N) is 2. The number of aromatic amines is 1. The monoisotopic (exact) mass is 472 g/mol. The largest absolute Gasteiger partial charge is 0.350 e. The van der Waals surface area contributed by atoms with Crippen LogP contribution in [0, 0.1) is 0 Å². The van der Waals surface area contributed by atoms with Crippen molar-refractivity contribution in [3.63, 3.8) is 0 Å². The minimum absolute atomic E-state index is 0.0532. The van der Waals surface area contributed by atoms with Crippen LogP contribution in [0.4, 0.5) is 0 Å². The highest BCUT2D eigenvalue weighted by Gasteiger charge is 2.13. The maximum absolute atomic E-state index is 12.6. The lowest BCUT2D eigenvalue weighted by Gasteiger charge is -2.19. The van der Waals surface area contributed by atoms with Gasteiger partial charge in [-0.1, -0.05) is 49.2 Å². The number of aromatic nitrogens is 2. The molecular formula is C25H30Cl2N4O. The van der Waals surface area contributed by atoms with Crippen LogP contribution in [0.15, 0.2) is 48.5 Å². The third-order valence-electron chi connectivity index (χ3n) is 5.63. The van der Waals surface area contributed by atoms with Crippen LogP contribution in [0.3, 0.4) is 0 Å². The molecule has 2 aromatic carbocycles. The second-order valence-corrected chi connectivity index (χ2v) is 8.76. The zero-order valence-corrected chi connectivity index (χ0v) is 20.3. The van der Waals surface area contributed by atoms with Gasteiger partial charge < -0.3 is 10.2 Å². The first-order valence-corrected chi connectivity index (χ1v) is 11.8. The van der Waals surface area contributed by atoms with Crippen molar-refractivity contribution in [1.29, 1.82) is 0 Å². The summed E-state index contributed by atoms with van der Waals surface area (Å²) >= 11 is 12.3. The molecule has 170 valence electrons. The Kier molecular flexibility index (Phi) is 8.74. The Morgan fingerprint density at radius 3 is 2.47 bits per heavy atom. The van der Waals surface area contributed by atoms with Crippen molar-refractivity contribution in [1.82, 2.24) is 20.4 Å². The molecule has 0 saturated heterocycles. The van der Waals surface area contributed by atoms with Crippen LogP contribution in [0.5, 0.6) is 0 Å². The van der Waals surface area contributed by atoms with Gasteiger partial charge in [0.15, 0.2) is 0 Å². The molecular weight excluding hydrogens is 443 g/mol. The average molecular weight is 473 g/mol. The van der Waals surface area contributed by atoms with Crippen molar-refractivity contribution in [3.05, 3.63) is 64.1 Å². The number of nitrogens with zero attached hydrogens (tertiary/aromatic N) is 2. The molecule has 0 aliphatic heterocycles. The van der Waals surface area contributed by atoms with Crippen LogP contribution < -0.4 is 5.32 Å². The lowest BCUT2D eigenvalue weighted by atomic mass is 10.1. The van der Waals surface area contributed by atoms with Gasteiger partial charge in [-0.3, -0.25) is 9.89 Å². The van der Waals surface area contributed by atoms with Crippen molar-refractivity contribution in [2.24, 2.45) is 0 Å². The summed E-state index contributed by atoms with van der Waals surface area (Å²) < 4.78 is 0. The first kappa shape index (κ1) is 24.3. The van der Waals surface area contributed by atoms with E-state index in [1.165, 1.54) is 0 Å². The molecule has 0 aliphatic carbocycles. The van der Waals surface area contributed by atoms with Gasteiger partial charge in [-0.05, 0) is 75.8 Å². The minimum atomic E-state index is -0.0532. The van der Waals surface area contributed by atoms with E-state index in [0.29, 0.717) is 15.6 Å². The molecule has 0 spiro atoms. The average Bonchev–Trinajstić information content (AvgIpc) is 3.26. The fourth-order valence-electron chi connectivity index (χ4n) is 3.65. The molecule has 0 saturated carbocycles. The van der Waals surface area contributed by atoms with Crippen molar-refractivity contribution in [3.8, 4) is 22.5 Å². The number of amides is 1. The van der Waals surface area contributed by atoms with Crippen molar-refractivity contribution >= 4 is 29.1 Å². The molecule has 32 heavy (non-hydrogen) atoms. The zero-order valence-electron chi connectivity index (χ0n) is 18.8. The molecule has 0 bridgehead atoms. The van der Waals surface area contributed by atoms with Crippen molar-refractivity contribution < 1.29 is 4.79 Å². The van der Waals surface area contributed by atoms with E-state index >= 15 is 0 Å². The maximum Gasteiger partial charge on any atom is 0.251 e. The Hall–Kier alpha value is -2.34. The predicted molar refractivity (Wildman–Crippen MR) is 133 cm³/mol. The molecule has 0 aliphatic rings. The number of hydrogen-bond donors (Lipinski definition) is 2. The van der Waals surface area contributed by atoms with E-state index in [1.807, 2.05) is 36.4 Å². The van der Waals surface area contributed by atoms with E-state index in [-0.39, 0.29) is 11.9 Å². The third kappa shape index (κ3) is 6.35. The highest BCUT2D eigenvalue weighted by Crippen LogP contribution is 2.31. The molecule has 0 unspecified atom stereocenters. The fraction of sp³-hybridized carbons (Fsp3) is 0.360. The van der Waals surface area contributed by atoms with Gasteiger partial charge in [0.2, 0.25) is 0 Å². The molecule has 1 atom stereocenters. The first-order chi connectivity index (χ1) is 15.4. The Morgan fingerprint density at radius 2 is 1.81 bits per heavy atom. The number of carbonyl (C=O) groups excluding carboxylic acids is 1. The Balaban J connectivity index is 1.59. The smallest absolute Gasteiger partial charge is 0.251 e. The van der Waals surface area contributed by atoms with E-state index in [0.717, 1.165) is 55.0 Å². The highest BCUT2D eigenvalue weighted by molar-refractivity contribution is 6.36. The molecule has 1 heterocycles. The topological polar surface area (TPSA) is 61.0 Å². The summed E-state index contributed by atoms with van der Waals surface area (Å²) in [6.07, 6.45) is 2.03. The Bertz CT molecular complexity index is 1030. The van der Waals surface area contributed by atoms with E-state index in [2.05, 4.69) is 41.2 Å². The summed E-state index contributed by atoms with van der Waals surface area (Å²) in [6, 6.07) is 14.9. The number of hydrogen-bond acceptors (Lipinski definition) is 3. The number of carbonyl (C=O) groups is 1. The lowest BCUT2D eigenvalue weighted by Crippen LogP contribution is -2.33. The summed E-state index contributed by atoms with van der Waals surface area (Å²) in [6.45, 7) is 9.60. The van der Waals surface area contributed by atoms with Gasteiger partial charge in [0.25, 0.3) is 5.91 Å². The van der Waals surface area contributed by atoms with Crippen molar-refractivity contribution in [2.75, 3.05) is 19.6 Å². The number of rotatable bonds is 10. The second-order valence-electron chi connectivity index (χ2n) is 7.91. The van der Waals surface area contributed by atoms with Crippen LogP contribution in [0.1, 0.15) is 44.0 Å². The van der Waals surface area contributed by atoms with Crippen LogP contribution in [-0.2, 0) is 0 Å². The number of halogens is 2. The normalized spacial score (nSPS) is 12.2. The number of benzene rings is 2. The predicted octanol–water partition coefficient (Wildman–Crippen LogP) is 6.29. The molecule has 5 nitrogen and oxygen atoms in total. The van der Waals surface area contributed by atoms with Crippen LogP contribution in [0.25, 0.3) is 22.5 Å². The summed E-state index contributed by atoms with van der Waals surface area (Å²) in [5, 5.41) is 11.7. The van der Waals surface area contributed by atoms with E-state index in [1.54, 1.807) is 12.1 Å². The highest BCUT2D eigenvalue weighted by atomic mass is 35.5.